The molecule has 0 aromatic rings. The van der Waals surface area contributed by atoms with E-state index in [-0.39, 0.29) is 29.6 Å². The third-order valence-electron chi connectivity index (χ3n) is 0.0772. The van der Waals surface area contributed by atoms with E-state index in [0.29, 0.717) is 0 Å². The van der Waals surface area contributed by atoms with E-state index in [0.717, 1.165) is 0 Å². The molecule has 0 radical (unpaired) electrons. The Balaban J connectivity index is 0. The van der Waals surface area contributed by atoms with Crippen LogP contribution in [0.4, 0.5) is 4.39 Å². The fraction of sp³-hybridized carbons (Fsp3) is 0.500. The summed E-state index contributed by atoms with van der Waals surface area (Å²) in [5.41, 5.74) is 0. The minimum absolute atomic E-state index is 0. The molecule has 0 aromatic heterocycles. The van der Waals surface area contributed by atoms with Crippen molar-refractivity contribution in [1.82, 2.24) is 0 Å². The molecular weight excluding hydrogens is 100.0 g/mol. The van der Waals surface area contributed by atoms with Crippen LogP contribution in [0.1, 0.15) is 2.74 Å². The van der Waals surface area contributed by atoms with Gasteiger partial charge >= 0.3 is 29.6 Å². The van der Waals surface area contributed by atoms with Crippen molar-refractivity contribution in [3.05, 3.63) is 0 Å². The maximum absolute atomic E-state index is 11.2. The van der Waals surface area contributed by atoms with Gasteiger partial charge in [-0.15, -0.1) is 0 Å². The molecule has 0 N–H and O–H groups in total. The van der Waals surface area contributed by atoms with E-state index in [1.54, 1.807) is 0 Å². The molecule has 30 valence electrons. The summed E-state index contributed by atoms with van der Waals surface area (Å²) in [6.45, 7) is -3.69. The fourth-order valence-corrected chi connectivity index (χ4v) is 0. The standard InChI is InChI=1S/C2H3FO2.Na/c3-1-2(4)5;/h1H2,(H,4,5);/q;+1/p-1/i1+1D2,2+1;. The summed E-state index contributed by atoms with van der Waals surface area (Å²) in [6.07, 6.45) is 0. The number of hydrogen-bond donors (Lipinski definition) is 0. The minimum atomic E-state index is -3.69. The first-order valence-corrected chi connectivity index (χ1v) is 0.847. The Morgan fingerprint density at radius 1 is 2.17 bits per heavy atom. The molecule has 0 saturated heterocycles. The molecule has 0 aliphatic carbocycles. The molecule has 0 heterocycles. The van der Waals surface area contributed by atoms with Crippen LogP contribution in [0.2, 0.25) is 0 Å². The molecule has 0 fully saturated rings. The first kappa shape index (κ1) is 4.56. The molecule has 0 aliphatic heterocycles. The van der Waals surface area contributed by atoms with Crippen LogP contribution >= 0.6 is 0 Å². The van der Waals surface area contributed by atoms with Crippen molar-refractivity contribution in [2.24, 2.45) is 0 Å². The Kier molecular flexibility index (Phi) is 4.10. The van der Waals surface area contributed by atoms with Crippen molar-refractivity contribution in [3.63, 3.8) is 0 Å². The van der Waals surface area contributed by atoms with Gasteiger partial charge < -0.3 is 9.90 Å². The van der Waals surface area contributed by atoms with Gasteiger partial charge in [0, 0.05) is 0 Å². The number of carboxylic acids is 1. The second-order valence-corrected chi connectivity index (χ2v) is 0.382. The number of alkyl halides is 1. The smallest absolute Gasteiger partial charge is 0.547 e. The number of carboxylic acid groups (broad SMARTS) is 1. The molecule has 0 aromatic carbocycles. The zero-order chi connectivity index (χ0) is 6.08. The van der Waals surface area contributed by atoms with Gasteiger partial charge in [0.15, 0.2) is 0 Å². The van der Waals surface area contributed by atoms with Crippen molar-refractivity contribution in [1.29, 1.82) is 0 Å². The number of carbonyl (C=O) groups excluding carboxylic acids is 1. The predicted molar refractivity (Wildman–Crippen MR) is 11.0 cm³/mol. The van der Waals surface area contributed by atoms with Gasteiger partial charge in [-0.2, -0.15) is 0 Å². The molecule has 0 spiro atoms. The number of hydrogen-bond acceptors (Lipinski definition) is 2. The average Bonchev–Trinajstić information content (AvgIpc) is 1.31. The Bertz CT molecular complexity index is 90.5. The number of rotatable bonds is 1. The molecule has 2 nitrogen and oxygen atoms in total. The summed E-state index contributed by atoms with van der Waals surface area (Å²) < 4.78 is 22.6. The van der Waals surface area contributed by atoms with Gasteiger partial charge in [0.2, 0.25) is 0 Å². The van der Waals surface area contributed by atoms with Gasteiger partial charge in [0.25, 0.3) is 0 Å². The first-order chi connectivity index (χ1) is 2.94. The Hall–Kier alpha value is 0.400. The number of carbonyl (C=O) groups is 1. The summed E-state index contributed by atoms with van der Waals surface area (Å²) >= 11 is 0. The molecular formula is C2H2FNaO2. The van der Waals surface area contributed by atoms with Crippen LogP contribution in [-0.2, 0) is 4.79 Å². The molecule has 0 rings (SSSR count). The molecule has 0 saturated carbocycles. The summed E-state index contributed by atoms with van der Waals surface area (Å²) in [5.74, 6) is -2.34. The normalized spacial score (nSPS) is 13.5. The monoisotopic (exact) mass is 104 g/mol. The summed E-state index contributed by atoms with van der Waals surface area (Å²) in [7, 11) is 0. The van der Waals surface area contributed by atoms with Crippen LogP contribution < -0.4 is 34.7 Å². The topological polar surface area (TPSA) is 40.1 Å². The van der Waals surface area contributed by atoms with E-state index < -0.39 is 12.6 Å². The SMILES string of the molecule is [2H][13C]([2H])(F)[13C](=O)[O-].[Na+]. The van der Waals surface area contributed by atoms with Crippen molar-refractivity contribution >= 4 is 5.97 Å². The van der Waals surface area contributed by atoms with Crippen LogP contribution in [0.15, 0.2) is 0 Å². The van der Waals surface area contributed by atoms with Crippen LogP contribution in [0.3, 0.4) is 0 Å². The molecule has 0 unspecified atom stereocenters. The van der Waals surface area contributed by atoms with E-state index in [4.69, 9.17) is 12.6 Å². The average molecular weight is 104 g/mol. The predicted octanol–water partition coefficient (Wildman–Crippen LogP) is -4.29. The zero-order valence-electron chi connectivity index (χ0n) is 5.19. The van der Waals surface area contributed by atoms with Crippen molar-refractivity contribution < 1.29 is 46.6 Å². The minimum Gasteiger partial charge on any atom is -0.547 e. The molecule has 0 amide bonds. The second kappa shape index (κ2) is 5.40. The van der Waals surface area contributed by atoms with Gasteiger partial charge in [-0.25, -0.2) is 4.39 Å². The van der Waals surface area contributed by atoms with Gasteiger partial charge in [-0.05, 0) is 0 Å². The third-order valence-corrected chi connectivity index (χ3v) is 0.0772. The third kappa shape index (κ3) is 8.83. The fourth-order valence-electron chi connectivity index (χ4n) is 0. The zero-order valence-corrected chi connectivity index (χ0v) is 5.19. The van der Waals surface area contributed by atoms with Gasteiger partial charge in [0.1, 0.15) is 6.63 Å². The van der Waals surface area contributed by atoms with E-state index >= 15 is 0 Å². The Labute approximate surface area is 59.4 Å². The van der Waals surface area contributed by atoms with Crippen LogP contribution in [-0.4, -0.2) is 12.6 Å². The summed E-state index contributed by atoms with van der Waals surface area (Å²) in [5, 5.41) is 9.16. The van der Waals surface area contributed by atoms with Crippen LogP contribution in [0, 0.1) is 0 Å². The molecule has 0 bridgehead atoms. The molecule has 6 heavy (non-hydrogen) atoms. The quantitative estimate of drug-likeness (QED) is 0.249. The first-order valence-electron chi connectivity index (χ1n) is 1.85. The molecule has 0 aliphatic rings. The Morgan fingerprint density at radius 3 is 2.33 bits per heavy atom. The maximum atomic E-state index is 11.2. The second-order valence-electron chi connectivity index (χ2n) is 0.382. The largest absolute Gasteiger partial charge is 1.00 e. The maximum Gasteiger partial charge on any atom is 1.00 e. The van der Waals surface area contributed by atoms with Crippen LogP contribution in [0.5, 0.6) is 0 Å². The molecule has 0 atom stereocenters. The Morgan fingerprint density at radius 2 is 2.33 bits per heavy atom. The number of aliphatic carboxylic acids is 1. The van der Waals surface area contributed by atoms with E-state index in [1.165, 1.54) is 0 Å². The number of halogens is 1. The van der Waals surface area contributed by atoms with Gasteiger partial charge in [-0.1, -0.05) is 0 Å². The molecule has 4 heteroatoms. The van der Waals surface area contributed by atoms with E-state index in [1.807, 2.05) is 0 Å². The summed E-state index contributed by atoms with van der Waals surface area (Å²) in [6, 6.07) is 0. The summed E-state index contributed by atoms with van der Waals surface area (Å²) in [4.78, 5) is 9.16. The van der Waals surface area contributed by atoms with Crippen molar-refractivity contribution in [3.8, 4) is 0 Å². The van der Waals surface area contributed by atoms with Crippen molar-refractivity contribution in [2.75, 3.05) is 6.63 Å². The van der Waals surface area contributed by atoms with E-state index in [9.17, 15) is 4.39 Å². The van der Waals surface area contributed by atoms with Crippen molar-refractivity contribution in [2.45, 2.75) is 0 Å². The van der Waals surface area contributed by atoms with E-state index in [2.05, 4.69) is 0 Å². The van der Waals surface area contributed by atoms with Crippen LogP contribution in [0.25, 0.3) is 0 Å². The van der Waals surface area contributed by atoms with Gasteiger partial charge in [-0.3, -0.25) is 0 Å². The van der Waals surface area contributed by atoms with Gasteiger partial charge in [0.05, 0.1) is 8.71 Å².